The maximum atomic E-state index is 8.61. The molecule has 19 heavy (non-hydrogen) atoms. The Bertz CT molecular complexity index is 600. The van der Waals surface area contributed by atoms with Crippen LogP contribution in [0.15, 0.2) is 30.3 Å². The van der Waals surface area contributed by atoms with Crippen LogP contribution in [0.4, 0.5) is 17.5 Å². The number of hydrogen-bond donors (Lipinski definition) is 3. The van der Waals surface area contributed by atoms with Gasteiger partial charge in [-0.05, 0) is 24.6 Å². The number of benzene rings is 1. The average molecular weight is 254 g/mol. The van der Waals surface area contributed by atoms with Gasteiger partial charge >= 0.3 is 0 Å². The number of nitriles is 1. The van der Waals surface area contributed by atoms with Crippen molar-refractivity contribution in [1.29, 1.82) is 5.26 Å². The second kappa shape index (κ2) is 5.80. The number of nitrogen functional groups attached to an aromatic ring is 1. The summed E-state index contributed by atoms with van der Waals surface area (Å²) in [7, 11) is 0. The summed E-state index contributed by atoms with van der Waals surface area (Å²) in [5.41, 5.74) is 5.11. The van der Waals surface area contributed by atoms with E-state index in [1.54, 1.807) is 0 Å². The van der Waals surface area contributed by atoms with Gasteiger partial charge in [-0.3, -0.25) is 5.43 Å². The van der Waals surface area contributed by atoms with E-state index in [0.717, 1.165) is 16.9 Å². The Labute approximate surface area is 111 Å². The molecule has 0 aliphatic carbocycles. The van der Waals surface area contributed by atoms with Crippen LogP contribution < -0.4 is 16.6 Å². The van der Waals surface area contributed by atoms with Crippen molar-refractivity contribution in [2.75, 3.05) is 10.7 Å². The summed E-state index contributed by atoms with van der Waals surface area (Å²) < 4.78 is 0. The molecule has 0 fully saturated rings. The summed E-state index contributed by atoms with van der Waals surface area (Å²) >= 11 is 0. The number of hydrogen-bond acceptors (Lipinski definition) is 6. The molecule has 96 valence electrons. The zero-order valence-corrected chi connectivity index (χ0v) is 10.5. The van der Waals surface area contributed by atoms with Crippen molar-refractivity contribution in [3.05, 3.63) is 41.6 Å². The second-order valence-corrected chi connectivity index (χ2v) is 4.02. The number of aromatic nitrogens is 2. The quantitative estimate of drug-likeness (QED) is 0.569. The van der Waals surface area contributed by atoms with Gasteiger partial charge in [-0.2, -0.15) is 10.2 Å². The lowest BCUT2D eigenvalue weighted by molar-refractivity contribution is 1.07. The first-order chi connectivity index (χ1) is 9.21. The highest BCUT2D eigenvalue weighted by atomic mass is 15.3. The van der Waals surface area contributed by atoms with Crippen molar-refractivity contribution < 1.29 is 0 Å². The Morgan fingerprint density at radius 1 is 1.26 bits per heavy atom. The third-order valence-corrected chi connectivity index (χ3v) is 2.49. The Morgan fingerprint density at radius 2 is 2.00 bits per heavy atom. The van der Waals surface area contributed by atoms with Crippen LogP contribution in [0, 0.1) is 18.3 Å². The van der Waals surface area contributed by atoms with Crippen molar-refractivity contribution in [3.8, 4) is 6.07 Å². The van der Waals surface area contributed by atoms with E-state index in [9.17, 15) is 0 Å². The van der Waals surface area contributed by atoms with Crippen LogP contribution in [0.2, 0.25) is 0 Å². The number of hydrazine groups is 1. The lowest BCUT2D eigenvalue weighted by atomic mass is 10.1. The van der Waals surface area contributed by atoms with Gasteiger partial charge < -0.3 is 5.32 Å². The minimum absolute atomic E-state index is 0.364. The molecule has 0 spiro atoms. The lowest BCUT2D eigenvalue weighted by Gasteiger charge is -2.08. The fourth-order valence-corrected chi connectivity index (χ4v) is 1.64. The molecule has 0 saturated carbocycles. The molecule has 0 unspecified atom stereocenters. The topological polar surface area (TPSA) is 99.7 Å². The van der Waals surface area contributed by atoms with Crippen LogP contribution in [-0.2, 0) is 6.42 Å². The zero-order valence-electron chi connectivity index (χ0n) is 10.5. The summed E-state index contributed by atoms with van der Waals surface area (Å²) in [6.45, 7) is 1.86. The highest BCUT2D eigenvalue weighted by molar-refractivity contribution is 5.57. The number of aryl methyl sites for hydroxylation is 1. The van der Waals surface area contributed by atoms with E-state index in [-0.39, 0.29) is 0 Å². The molecule has 6 nitrogen and oxygen atoms in total. The first kappa shape index (κ1) is 12.8. The van der Waals surface area contributed by atoms with Gasteiger partial charge in [0.15, 0.2) is 0 Å². The number of rotatable bonds is 4. The van der Waals surface area contributed by atoms with Gasteiger partial charge in [0.25, 0.3) is 0 Å². The van der Waals surface area contributed by atoms with Gasteiger partial charge in [-0.1, -0.05) is 12.1 Å². The Hall–Kier alpha value is -2.65. The molecular formula is C13H14N6. The number of nitrogens with zero attached hydrogens (tertiary/aromatic N) is 3. The van der Waals surface area contributed by atoms with E-state index in [0.29, 0.717) is 18.2 Å². The molecule has 2 rings (SSSR count). The molecule has 6 heteroatoms. The Balaban J connectivity index is 2.16. The highest BCUT2D eigenvalue weighted by Crippen LogP contribution is 2.17. The second-order valence-electron chi connectivity index (χ2n) is 4.02. The molecule has 0 saturated heterocycles. The summed E-state index contributed by atoms with van der Waals surface area (Å²) in [6.07, 6.45) is 0.411. The molecule has 1 aromatic heterocycles. The molecule has 0 radical (unpaired) electrons. The van der Waals surface area contributed by atoms with Crippen molar-refractivity contribution in [3.63, 3.8) is 0 Å². The molecule has 0 aliphatic rings. The largest absolute Gasteiger partial charge is 0.340 e. The summed E-state index contributed by atoms with van der Waals surface area (Å²) in [5, 5.41) is 11.8. The fraction of sp³-hybridized carbons (Fsp3) is 0.154. The van der Waals surface area contributed by atoms with Crippen LogP contribution in [-0.4, -0.2) is 9.97 Å². The predicted molar refractivity (Wildman–Crippen MR) is 73.6 cm³/mol. The maximum absolute atomic E-state index is 8.61. The van der Waals surface area contributed by atoms with Crippen LogP contribution in [0.1, 0.15) is 11.3 Å². The molecule has 0 atom stereocenters. The SMILES string of the molecule is Cc1cc(Nc2ccc(CC#N)cc2)nc(NN)n1. The van der Waals surface area contributed by atoms with E-state index in [2.05, 4.69) is 26.8 Å². The smallest absolute Gasteiger partial charge is 0.239 e. The van der Waals surface area contributed by atoms with Gasteiger partial charge in [-0.15, -0.1) is 0 Å². The molecule has 0 bridgehead atoms. The Morgan fingerprint density at radius 3 is 2.63 bits per heavy atom. The predicted octanol–water partition coefficient (Wildman–Crippen LogP) is 1.88. The minimum atomic E-state index is 0.364. The van der Waals surface area contributed by atoms with Crippen LogP contribution in [0.3, 0.4) is 0 Å². The summed E-state index contributed by atoms with van der Waals surface area (Å²) in [6, 6.07) is 11.5. The first-order valence-electron chi connectivity index (χ1n) is 5.76. The van der Waals surface area contributed by atoms with Crippen molar-refractivity contribution in [2.45, 2.75) is 13.3 Å². The standard InChI is InChI=1S/C13H14N6/c1-9-8-12(18-13(16-9)19-15)17-11-4-2-10(3-5-11)6-7-14/h2-5,8H,6,15H2,1H3,(H2,16,17,18,19). The molecule has 1 heterocycles. The van der Waals surface area contributed by atoms with Gasteiger partial charge in [0, 0.05) is 17.4 Å². The number of anilines is 3. The van der Waals surface area contributed by atoms with Gasteiger partial charge in [-0.25, -0.2) is 10.8 Å². The van der Waals surface area contributed by atoms with Crippen molar-refractivity contribution in [2.24, 2.45) is 5.84 Å². The average Bonchev–Trinajstić information content (AvgIpc) is 2.40. The third-order valence-electron chi connectivity index (χ3n) is 2.49. The fourth-order valence-electron chi connectivity index (χ4n) is 1.64. The number of nitrogens with two attached hydrogens (primary N) is 1. The third kappa shape index (κ3) is 3.40. The van der Waals surface area contributed by atoms with Gasteiger partial charge in [0.2, 0.25) is 5.95 Å². The van der Waals surface area contributed by atoms with Crippen LogP contribution in [0.25, 0.3) is 0 Å². The molecule has 2 aromatic rings. The van der Waals surface area contributed by atoms with E-state index in [1.807, 2.05) is 37.3 Å². The molecule has 0 aliphatic heterocycles. The lowest BCUT2D eigenvalue weighted by Crippen LogP contribution is -2.11. The molecule has 1 aromatic carbocycles. The summed E-state index contributed by atoms with van der Waals surface area (Å²) in [4.78, 5) is 8.30. The molecule has 4 N–H and O–H groups in total. The molecule has 0 amide bonds. The monoisotopic (exact) mass is 254 g/mol. The van der Waals surface area contributed by atoms with E-state index in [4.69, 9.17) is 11.1 Å². The molecular weight excluding hydrogens is 240 g/mol. The van der Waals surface area contributed by atoms with E-state index >= 15 is 0 Å². The number of nitrogens with one attached hydrogen (secondary N) is 2. The van der Waals surface area contributed by atoms with Crippen molar-refractivity contribution in [1.82, 2.24) is 9.97 Å². The summed E-state index contributed by atoms with van der Waals surface area (Å²) in [5.74, 6) is 6.33. The maximum Gasteiger partial charge on any atom is 0.239 e. The van der Waals surface area contributed by atoms with Crippen molar-refractivity contribution >= 4 is 17.5 Å². The van der Waals surface area contributed by atoms with Crippen LogP contribution >= 0.6 is 0 Å². The normalized spacial score (nSPS) is 9.74. The van der Waals surface area contributed by atoms with Crippen LogP contribution in [0.5, 0.6) is 0 Å². The zero-order chi connectivity index (χ0) is 13.7. The Kier molecular flexibility index (Phi) is 3.90. The van der Waals surface area contributed by atoms with Gasteiger partial charge in [0.05, 0.1) is 12.5 Å². The van der Waals surface area contributed by atoms with Gasteiger partial charge in [0.1, 0.15) is 5.82 Å². The van der Waals surface area contributed by atoms with E-state index < -0.39 is 0 Å². The highest BCUT2D eigenvalue weighted by Gasteiger charge is 2.01. The minimum Gasteiger partial charge on any atom is -0.340 e. The van der Waals surface area contributed by atoms with E-state index in [1.165, 1.54) is 0 Å². The first-order valence-corrected chi connectivity index (χ1v) is 5.76.